The SMILES string of the molecule is Cc1c(C(=O)NC2CCCCC2CN)cnn1C(C)(C)C.Cl. The maximum Gasteiger partial charge on any atom is 0.254 e. The fraction of sp³-hybridized carbons (Fsp3) is 0.750. The van der Waals surface area contributed by atoms with Crippen molar-refractivity contribution in [1.82, 2.24) is 15.1 Å². The van der Waals surface area contributed by atoms with E-state index in [1.54, 1.807) is 6.20 Å². The molecule has 1 aromatic heterocycles. The number of amides is 1. The fourth-order valence-electron chi connectivity index (χ4n) is 3.23. The Balaban J connectivity index is 0.00000242. The minimum absolute atomic E-state index is 0. The summed E-state index contributed by atoms with van der Waals surface area (Å²) < 4.78 is 1.91. The second-order valence-electron chi connectivity index (χ2n) is 7.09. The van der Waals surface area contributed by atoms with Crippen molar-refractivity contribution >= 4 is 18.3 Å². The molecule has 1 amide bonds. The molecule has 1 aromatic rings. The van der Waals surface area contributed by atoms with Crippen LogP contribution in [-0.4, -0.2) is 28.3 Å². The zero-order valence-corrected chi connectivity index (χ0v) is 14.9. The highest BCUT2D eigenvalue weighted by Crippen LogP contribution is 2.24. The van der Waals surface area contributed by atoms with Crippen LogP contribution < -0.4 is 11.1 Å². The minimum Gasteiger partial charge on any atom is -0.349 e. The summed E-state index contributed by atoms with van der Waals surface area (Å²) in [5.41, 5.74) is 7.30. The quantitative estimate of drug-likeness (QED) is 0.895. The van der Waals surface area contributed by atoms with Crippen molar-refractivity contribution in [2.45, 2.75) is 65.0 Å². The van der Waals surface area contributed by atoms with Gasteiger partial charge in [-0.1, -0.05) is 12.8 Å². The van der Waals surface area contributed by atoms with Gasteiger partial charge in [-0.3, -0.25) is 9.48 Å². The lowest BCUT2D eigenvalue weighted by Gasteiger charge is -2.31. The van der Waals surface area contributed by atoms with Gasteiger partial charge in [0.2, 0.25) is 0 Å². The van der Waals surface area contributed by atoms with E-state index in [0.717, 1.165) is 18.5 Å². The predicted octanol–water partition coefficient (Wildman–Crippen LogP) is 2.62. The van der Waals surface area contributed by atoms with Gasteiger partial charge in [0.1, 0.15) is 0 Å². The second-order valence-corrected chi connectivity index (χ2v) is 7.09. The van der Waals surface area contributed by atoms with Gasteiger partial charge < -0.3 is 11.1 Å². The number of nitrogens with one attached hydrogen (secondary N) is 1. The van der Waals surface area contributed by atoms with E-state index < -0.39 is 0 Å². The number of nitrogens with two attached hydrogens (primary N) is 1. The van der Waals surface area contributed by atoms with Gasteiger partial charge in [0, 0.05) is 11.7 Å². The molecule has 6 heteroatoms. The highest BCUT2D eigenvalue weighted by atomic mass is 35.5. The molecule has 1 aliphatic carbocycles. The Hall–Kier alpha value is -1.07. The Kier molecular flexibility index (Phi) is 6.44. The largest absolute Gasteiger partial charge is 0.349 e. The molecule has 3 N–H and O–H groups in total. The van der Waals surface area contributed by atoms with Gasteiger partial charge in [0.25, 0.3) is 5.91 Å². The topological polar surface area (TPSA) is 72.9 Å². The molecule has 1 saturated carbocycles. The van der Waals surface area contributed by atoms with Gasteiger partial charge in [-0.25, -0.2) is 0 Å². The van der Waals surface area contributed by atoms with Crippen LogP contribution >= 0.6 is 12.4 Å². The van der Waals surface area contributed by atoms with E-state index in [9.17, 15) is 4.79 Å². The van der Waals surface area contributed by atoms with Crippen molar-refractivity contribution < 1.29 is 4.79 Å². The Morgan fingerprint density at radius 3 is 2.59 bits per heavy atom. The number of hydrogen-bond donors (Lipinski definition) is 2. The molecule has 5 nitrogen and oxygen atoms in total. The first-order valence-electron chi connectivity index (χ1n) is 7.90. The molecule has 1 heterocycles. The summed E-state index contributed by atoms with van der Waals surface area (Å²) in [5, 5.41) is 7.54. The summed E-state index contributed by atoms with van der Waals surface area (Å²) >= 11 is 0. The van der Waals surface area contributed by atoms with Crippen LogP contribution in [0.4, 0.5) is 0 Å². The van der Waals surface area contributed by atoms with Crippen LogP contribution in [0, 0.1) is 12.8 Å². The number of carbonyl (C=O) groups is 1. The number of aromatic nitrogens is 2. The molecule has 22 heavy (non-hydrogen) atoms. The van der Waals surface area contributed by atoms with E-state index in [4.69, 9.17) is 5.73 Å². The van der Waals surface area contributed by atoms with Gasteiger partial charge in [-0.15, -0.1) is 12.4 Å². The lowest BCUT2D eigenvalue weighted by molar-refractivity contribution is 0.0907. The zero-order valence-electron chi connectivity index (χ0n) is 14.1. The Bertz CT molecular complexity index is 507. The first kappa shape index (κ1) is 19.0. The van der Waals surface area contributed by atoms with E-state index in [1.165, 1.54) is 12.8 Å². The molecule has 0 bridgehead atoms. The van der Waals surface area contributed by atoms with Crippen molar-refractivity contribution in [2.24, 2.45) is 11.7 Å². The molecule has 1 fully saturated rings. The fourth-order valence-corrected chi connectivity index (χ4v) is 3.23. The second kappa shape index (κ2) is 7.47. The van der Waals surface area contributed by atoms with E-state index >= 15 is 0 Å². The summed E-state index contributed by atoms with van der Waals surface area (Å²) in [6.07, 6.45) is 6.20. The first-order chi connectivity index (χ1) is 9.84. The standard InChI is InChI=1S/C16H28N4O.ClH/c1-11-13(10-18-20(11)16(2,3)4)15(21)19-14-8-6-5-7-12(14)9-17;/h10,12,14H,5-9,17H2,1-4H3,(H,19,21);1H. The third-order valence-electron chi connectivity index (χ3n) is 4.42. The number of halogens is 1. The van der Waals surface area contributed by atoms with Gasteiger partial charge in [0.05, 0.1) is 17.3 Å². The van der Waals surface area contributed by atoms with Gasteiger partial charge >= 0.3 is 0 Å². The third kappa shape index (κ3) is 4.02. The molecule has 0 aromatic carbocycles. The molecule has 2 unspecified atom stereocenters. The van der Waals surface area contributed by atoms with Gasteiger partial charge in [-0.05, 0) is 53.0 Å². The average molecular weight is 329 g/mol. The maximum absolute atomic E-state index is 12.5. The lowest BCUT2D eigenvalue weighted by atomic mass is 9.84. The molecule has 1 aliphatic rings. The van der Waals surface area contributed by atoms with Crippen LogP contribution in [0.25, 0.3) is 0 Å². The average Bonchev–Trinajstić information content (AvgIpc) is 2.81. The smallest absolute Gasteiger partial charge is 0.254 e. The molecular weight excluding hydrogens is 300 g/mol. The van der Waals surface area contributed by atoms with Crippen LogP contribution in [0.5, 0.6) is 0 Å². The molecule has 0 radical (unpaired) electrons. The summed E-state index contributed by atoms with van der Waals surface area (Å²) in [6, 6.07) is 0.202. The predicted molar refractivity (Wildman–Crippen MR) is 91.5 cm³/mol. The van der Waals surface area contributed by atoms with Crippen LogP contribution in [0.3, 0.4) is 0 Å². The number of carbonyl (C=O) groups excluding carboxylic acids is 1. The Morgan fingerprint density at radius 2 is 2.05 bits per heavy atom. The van der Waals surface area contributed by atoms with Crippen LogP contribution in [0.1, 0.15) is 62.5 Å². The number of hydrogen-bond acceptors (Lipinski definition) is 3. The molecule has 0 saturated heterocycles. The van der Waals surface area contributed by atoms with E-state index in [2.05, 4.69) is 31.2 Å². The monoisotopic (exact) mass is 328 g/mol. The molecule has 0 spiro atoms. The Labute approximate surface area is 139 Å². The molecule has 0 aliphatic heterocycles. The van der Waals surface area contributed by atoms with E-state index in [-0.39, 0.29) is 29.9 Å². The number of nitrogens with zero attached hydrogens (tertiary/aromatic N) is 2. The molecule has 2 rings (SSSR count). The normalized spacial score (nSPS) is 22.0. The van der Waals surface area contributed by atoms with Crippen molar-refractivity contribution in [3.8, 4) is 0 Å². The first-order valence-corrected chi connectivity index (χ1v) is 7.90. The van der Waals surface area contributed by atoms with Crippen molar-refractivity contribution in [3.05, 3.63) is 17.5 Å². The van der Waals surface area contributed by atoms with Crippen LogP contribution in [0.15, 0.2) is 6.20 Å². The summed E-state index contributed by atoms with van der Waals surface area (Å²) in [6.45, 7) is 8.85. The number of rotatable bonds is 3. The molecular formula is C16H29ClN4O. The minimum atomic E-state index is -0.118. The summed E-state index contributed by atoms with van der Waals surface area (Å²) in [7, 11) is 0. The van der Waals surface area contributed by atoms with Crippen molar-refractivity contribution in [3.63, 3.8) is 0 Å². The zero-order chi connectivity index (χ0) is 15.6. The third-order valence-corrected chi connectivity index (χ3v) is 4.42. The summed E-state index contributed by atoms with van der Waals surface area (Å²) in [5.74, 6) is 0.383. The van der Waals surface area contributed by atoms with Gasteiger partial charge in [0.15, 0.2) is 0 Å². The van der Waals surface area contributed by atoms with Crippen LogP contribution in [-0.2, 0) is 5.54 Å². The van der Waals surface area contributed by atoms with Crippen molar-refractivity contribution in [1.29, 1.82) is 0 Å². The maximum atomic E-state index is 12.5. The van der Waals surface area contributed by atoms with Crippen LogP contribution in [0.2, 0.25) is 0 Å². The van der Waals surface area contributed by atoms with Gasteiger partial charge in [-0.2, -0.15) is 5.10 Å². The van der Waals surface area contributed by atoms with E-state index in [0.29, 0.717) is 18.0 Å². The highest BCUT2D eigenvalue weighted by molar-refractivity contribution is 5.95. The van der Waals surface area contributed by atoms with E-state index in [1.807, 2.05) is 11.6 Å². The highest BCUT2D eigenvalue weighted by Gasteiger charge is 2.27. The molecule has 126 valence electrons. The summed E-state index contributed by atoms with van der Waals surface area (Å²) in [4.78, 5) is 12.5. The van der Waals surface area contributed by atoms with Crippen molar-refractivity contribution in [2.75, 3.05) is 6.54 Å². The molecule has 2 atom stereocenters. The Morgan fingerprint density at radius 1 is 1.41 bits per heavy atom. The lowest BCUT2D eigenvalue weighted by Crippen LogP contribution is -2.44.